The Morgan fingerprint density at radius 2 is 1.85 bits per heavy atom. The van der Waals surface area contributed by atoms with Gasteiger partial charge in [-0.2, -0.15) is 0 Å². The van der Waals surface area contributed by atoms with E-state index in [0.29, 0.717) is 12.5 Å². The Kier molecular flexibility index (Phi) is 7.59. The van der Waals surface area contributed by atoms with Gasteiger partial charge in [0.25, 0.3) is 0 Å². The fraction of sp³-hybridized carbons (Fsp3) is 0.625. The molecule has 114 valence electrons. The van der Waals surface area contributed by atoms with Crippen LogP contribution in [0.5, 0.6) is 5.75 Å². The Labute approximate surface area is 121 Å². The zero-order valence-corrected chi connectivity index (χ0v) is 12.7. The molecule has 1 aromatic carbocycles. The van der Waals surface area contributed by atoms with Gasteiger partial charge >= 0.3 is 0 Å². The first-order valence-corrected chi connectivity index (χ1v) is 7.23. The second kappa shape index (κ2) is 8.95. The Balaban J connectivity index is 2.25. The molecule has 0 saturated heterocycles. The van der Waals surface area contributed by atoms with E-state index in [9.17, 15) is 10.2 Å². The number of ether oxygens (including phenoxy) is 1. The van der Waals surface area contributed by atoms with Gasteiger partial charge in [-0.3, -0.25) is 0 Å². The summed E-state index contributed by atoms with van der Waals surface area (Å²) in [5, 5.41) is 22.3. The SMILES string of the molecule is Cc1ccc(OCC(O)CNC(CO)CC(C)C)cc1. The number of aliphatic hydroxyl groups is 2. The summed E-state index contributed by atoms with van der Waals surface area (Å²) in [6, 6.07) is 7.77. The molecule has 0 radical (unpaired) electrons. The summed E-state index contributed by atoms with van der Waals surface area (Å²) in [4.78, 5) is 0. The lowest BCUT2D eigenvalue weighted by molar-refractivity contribution is 0.0981. The van der Waals surface area contributed by atoms with Crippen molar-refractivity contribution < 1.29 is 14.9 Å². The van der Waals surface area contributed by atoms with Crippen LogP contribution in [0.4, 0.5) is 0 Å². The number of nitrogens with one attached hydrogen (secondary N) is 1. The molecule has 0 bridgehead atoms. The van der Waals surface area contributed by atoms with Gasteiger partial charge < -0.3 is 20.3 Å². The summed E-state index contributed by atoms with van der Waals surface area (Å²) in [5.74, 6) is 1.27. The maximum absolute atomic E-state index is 9.87. The molecule has 4 heteroatoms. The van der Waals surface area contributed by atoms with Gasteiger partial charge in [0, 0.05) is 12.6 Å². The summed E-state index contributed by atoms with van der Waals surface area (Å²) in [5.41, 5.74) is 1.18. The molecular formula is C16H27NO3. The van der Waals surface area contributed by atoms with Crippen LogP contribution in [0, 0.1) is 12.8 Å². The number of aliphatic hydroxyl groups excluding tert-OH is 2. The molecule has 3 N–H and O–H groups in total. The van der Waals surface area contributed by atoms with Gasteiger partial charge in [0.2, 0.25) is 0 Å². The van der Waals surface area contributed by atoms with E-state index in [1.165, 1.54) is 5.56 Å². The largest absolute Gasteiger partial charge is 0.491 e. The highest BCUT2D eigenvalue weighted by molar-refractivity contribution is 5.26. The minimum atomic E-state index is -0.586. The molecule has 2 unspecified atom stereocenters. The maximum Gasteiger partial charge on any atom is 0.119 e. The van der Waals surface area contributed by atoms with Gasteiger partial charge in [0.1, 0.15) is 18.5 Å². The van der Waals surface area contributed by atoms with Crippen molar-refractivity contribution in [2.75, 3.05) is 19.8 Å². The van der Waals surface area contributed by atoms with Gasteiger partial charge in [0.05, 0.1) is 6.61 Å². The maximum atomic E-state index is 9.87. The fourth-order valence-corrected chi connectivity index (χ4v) is 1.98. The molecular weight excluding hydrogens is 254 g/mol. The summed E-state index contributed by atoms with van der Waals surface area (Å²) in [7, 11) is 0. The Bertz CT molecular complexity index is 364. The third kappa shape index (κ3) is 6.89. The molecule has 1 rings (SSSR count). The number of hydrogen-bond donors (Lipinski definition) is 3. The first kappa shape index (κ1) is 17.0. The first-order chi connectivity index (χ1) is 9.51. The number of aryl methyl sites for hydroxylation is 1. The lowest BCUT2D eigenvalue weighted by atomic mass is 10.0. The molecule has 0 aromatic heterocycles. The van der Waals surface area contributed by atoms with Crippen molar-refractivity contribution in [2.24, 2.45) is 5.92 Å². The quantitative estimate of drug-likeness (QED) is 0.645. The number of hydrogen-bond acceptors (Lipinski definition) is 4. The van der Waals surface area contributed by atoms with E-state index in [1.807, 2.05) is 31.2 Å². The molecule has 0 amide bonds. The highest BCUT2D eigenvalue weighted by Gasteiger charge is 2.12. The Morgan fingerprint density at radius 3 is 2.40 bits per heavy atom. The molecule has 0 saturated carbocycles. The Morgan fingerprint density at radius 1 is 1.20 bits per heavy atom. The zero-order valence-electron chi connectivity index (χ0n) is 12.7. The van der Waals surface area contributed by atoms with Crippen molar-refractivity contribution in [1.82, 2.24) is 5.32 Å². The van der Waals surface area contributed by atoms with Crippen LogP contribution in [-0.2, 0) is 0 Å². The van der Waals surface area contributed by atoms with Crippen LogP contribution in [0.1, 0.15) is 25.8 Å². The van der Waals surface area contributed by atoms with E-state index in [2.05, 4.69) is 19.2 Å². The van der Waals surface area contributed by atoms with Gasteiger partial charge in [-0.25, -0.2) is 0 Å². The topological polar surface area (TPSA) is 61.7 Å². The molecule has 0 aliphatic heterocycles. The molecule has 0 aliphatic rings. The molecule has 20 heavy (non-hydrogen) atoms. The lowest BCUT2D eigenvalue weighted by Crippen LogP contribution is -2.40. The molecule has 4 nitrogen and oxygen atoms in total. The normalized spacial score (nSPS) is 14.3. The van der Waals surface area contributed by atoms with Crippen molar-refractivity contribution >= 4 is 0 Å². The van der Waals surface area contributed by atoms with Crippen molar-refractivity contribution in [3.63, 3.8) is 0 Å². The monoisotopic (exact) mass is 281 g/mol. The van der Waals surface area contributed by atoms with Crippen molar-refractivity contribution in [3.05, 3.63) is 29.8 Å². The first-order valence-electron chi connectivity index (χ1n) is 7.23. The highest BCUT2D eigenvalue weighted by atomic mass is 16.5. The van der Waals surface area contributed by atoms with Crippen LogP contribution in [0.15, 0.2) is 24.3 Å². The second-order valence-electron chi connectivity index (χ2n) is 5.70. The average molecular weight is 281 g/mol. The van der Waals surface area contributed by atoms with Crippen LogP contribution in [0.2, 0.25) is 0 Å². The van der Waals surface area contributed by atoms with E-state index >= 15 is 0 Å². The predicted octanol–water partition coefficient (Wildman–Crippen LogP) is 1.73. The molecule has 0 heterocycles. The van der Waals surface area contributed by atoms with Crippen LogP contribution in [-0.4, -0.2) is 42.1 Å². The van der Waals surface area contributed by atoms with Crippen LogP contribution in [0.3, 0.4) is 0 Å². The lowest BCUT2D eigenvalue weighted by Gasteiger charge is -2.20. The van der Waals surface area contributed by atoms with Gasteiger partial charge in [-0.15, -0.1) is 0 Å². The van der Waals surface area contributed by atoms with E-state index in [-0.39, 0.29) is 19.3 Å². The van der Waals surface area contributed by atoms with Crippen molar-refractivity contribution in [1.29, 1.82) is 0 Å². The minimum Gasteiger partial charge on any atom is -0.491 e. The number of benzene rings is 1. The molecule has 1 aromatic rings. The third-order valence-electron chi connectivity index (χ3n) is 3.08. The van der Waals surface area contributed by atoms with E-state index in [1.54, 1.807) is 0 Å². The van der Waals surface area contributed by atoms with Crippen LogP contribution in [0.25, 0.3) is 0 Å². The standard InChI is InChI=1S/C16H27NO3/c1-12(2)8-14(10-18)17-9-15(19)11-20-16-6-4-13(3)5-7-16/h4-7,12,14-15,17-19H,8-11H2,1-3H3. The van der Waals surface area contributed by atoms with E-state index < -0.39 is 6.10 Å². The van der Waals surface area contributed by atoms with Gasteiger partial charge in [-0.05, 0) is 31.4 Å². The predicted molar refractivity (Wildman–Crippen MR) is 81.0 cm³/mol. The van der Waals surface area contributed by atoms with Crippen molar-refractivity contribution in [2.45, 2.75) is 39.3 Å². The molecule has 0 spiro atoms. The van der Waals surface area contributed by atoms with Crippen LogP contribution < -0.4 is 10.1 Å². The second-order valence-corrected chi connectivity index (χ2v) is 5.70. The summed E-state index contributed by atoms with van der Waals surface area (Å²) in [6.45, 7) is 7.00. The van der Waals surface area contributed by atoms with Crippen molar-refractivity contribution in [3.8, 4) is 5.75 Å². The van der Waals surface area contributed by atoms with Gasteiger partial charge in [-0.1, -0.05) is 31.5 Å². The molecule has 0 fully saturated rings. The fourth-order valence-electron chi connectivity index (χ4n) is 1.98. The average Bonchev–Trinajstić information content (AvgIpc) is 2.42. The third-order valence-corrected chi connectivity index (χ3v) is 3.08. The van der Waals surface area contributed by atoms with E-state index in [4.69, 9.17) is 4.74 Å². The van der Waals surface area contributed by atoms with Gasteiger partial charge in [0.15, 0.2) is 0 Å². The summed E-state index contributed by atoms with van der Waals surface area (Å²) < 4.78 is 5.52. The highest BCUT2D eigenvalue weighted by Crippen LogP contribution is 2.11. The summed E-state index contributed by atoms with van der Waals surface area (Å²) in [6.07, 6.45) is 0.305. The Hall–Kier alpha value is -1.10. The molecule has 2 atom stereocenters. The number of rotatable bonds is 9. The molecule has 0 aliphatic carbocycles. The smallest absolute Gasteiger partial charge is 0.119 e. The van der Waals surface area contributed by atoms with Crippen LogP contribution >= 0.6 is 0 Å². The zero-order chi connectivity index (χ0) is 15.0. The van der Waals surface area contributed by atoms with E-state index in [0.717, 1.165) is 12.2 Å². The minimum absolute atomic E-state index is 0.0315. The summed E-state index contributed by atoms with van der Waals surface area (Å²) >= 11 is 0.